The smallest absolute Gasteiger partial charge is 0.407 e. The lowest BCUT2D eigenvalue weighted by Crippen LogP contribution is -2.42. The molecule has 0 aliphatic carbocycles. The van der Waals surface area contributed by atoms with Crippen molar-refractivity contribution in [3.05, 3.63) is 22.4 Å². The van der Waals surface area contributed by atoms with Crippen LogP contribution in [0.3, 0.4) is 0 Å². The van der Waals surface area contributed by atoms with Gasteiger partial charge >= 0.3 is 6.09 Å². The molecule has 114 valence electrons. The van der Waals surface area contributed by atoms with Gasteiger partial charge in [0.15, 0.2) is 0 Å². The zero-order valence-corrected chi connectivity index (χ0v) is 13.7. The summed E-state index contributed by atoms with van der Waals surface area (Å²) in [4.78, 5) is 12.7. The standard InChI is InChI=1S/C15H25NO3S/c1-10(2)9-11(13(17)12-7-6-8-20-12)16-14(18)19-15(3,4)5/h6-8,10-11,13,17H,9H2,1-5H3,(H,16,18)/t11?,13-/m0/s1. The molecular formula is C15H25NO3S. The maximum Gasteiger partial charge on any atom is 0.407 e. The summed E-state index contributed by atoms with van der Waals surface area (Å²) in [7, 11) is 0. The quantitative estimate of drug-likeness (QED) is 0.871. The number of hydrogen-bond acceptors (Lipinski definition) is 4. The molecule has 5 heteroatoms. The fourth-order valence-corrected chi connectivity index (χ4v) is 2.67. The Balaban J connectivity index is 2.72. The number of rotatable bonds is 5. The van der Waals surface area contributed by atoms with Crippen molar-refractivity contribution in [1.29, 1.82) is 0 Å². The maximum absolute atomic E-state index is 11.9. The van der Waals surface area contributed by atoms with Crippen LogP contribution in [0.25, 0.3) is 0 Å². The highest BCUT2D eigenvalue weighted by Crippen LogP contribution is 2.25. The van der Waals surface area contributed by atoms with E-state index in [4.69, 9.17) is 4.74 Å². The Labute approximate surface area is 125 Å². The number of nitrogens with one attached hydrogen (secondary N) is 1. The molecule has 1 heterocycles. The summed E-state index contributed by atoms with van der Waals surface area (Å²) in [5.41, 5.74) is -0.541. The molecule has 0 radical (unpaired) electrons. The second-order valence-electron chi connectivity index (χ2n) is 6.34. The molecule has 0 saturated carbocycles. The largest absolute Gasteiger partial charge is 0.444 e. The van der Waals surface area contributed by atoms with Gasteiger partial charge in [0.2, 0.25) is 0 Å². The third-order valence-corrected chi connectivity index (χ3v) is 3.59. The zero-order chi connectivity index (χ0) is 15.3. The summed E-state index contributed by atoms with van der Waals surface area (Å²) in [6.45, 7) is 9.58. The lowest BCUT2D eigenvalue weighted by atomic mass is 9.98. The number of aliphatic hydroxyl groups is 1. The molecule has 0 aliphatic heterocycles. The van der Waals surface area contributed by atoms with Crippen molar-refractivity contribution in [3.8, 4) is 0 Å². The lowest BCUT2D eigenvalue weighted by Gasteiger charge is -2.27. The van der Waals surface area contributed by atoms with E-state index in [1.165, 1.54) is 11.3 Å². The van der Waals surface area contributed by atoms with Crippen molar-refractivity contribution < 1.29 is 14.6 Å². The SMILES string of the molecule is CC(C)CC(NC(=O)OC(C)(C)C)[C@H](O)c1cccs1. The molecule has 0 aromatic carbocycles. The highest BCUT2D eigenvalue weighted by molar-refractivity contribution is 7.10. The van der Waals surface area contributed by atoms with Gasteiger partial charge in [-0.05, 0) is 44.6 Å². The molecule has 1 aromatic heterocycles. The van der Waals surface area contributed by atoms with Crippen LogP contribution in [0.2, 0.25) is 0 Å². The van der Waals surface area contributed by atoms with E-state index < -0.39 is 17.8 Å². The van der Waals surface area contributed by atoms with Crippen molar-refractivity contribution in [1.82, 2.24) is 5.32 Å². The molecule has 20 heavy (non-hydrogen) atoms. The van der Waals surface area contributed by atoms with Gasteiger partial charge in [-0.1, -0.05) is 19.9 Å². The predicted octanol–water partition coefficient (Wildman–Crippen LogP) is 3.72. The number of aliphatic hydroxyl groups excluding tert-OH is 1. The first-order chi connectivity index (χ1) is 9.19. The van der Waals surface area contributed by atoms with Crippen LogP contribution in [-0.2, 0) is 4.74 Å². The Morgan fingerprint density at radius 1 is 1.45 bits per heavy atom. The Hall–Kier alpha value is -1.07. The van der Waals surface area contributed by atoms with Gasteiger partial charge < -0.3 is 15.2 Å². The van der Waals surface area contributed by atoms with E-state index in [9.17, 15) is 9.90 Å². The number of hydrogen-bond donors (Lipinski definition) is 2. The van der Waals surface area contributed by atoms with Crippen LogP contribution in [0.4, 0.5) is 4.79 Å². The Kier molecular flexibility index (Phi) is 6.02. The number of thiophene rings is 1. The van der Waals surface area contributed by atoms with Gasteiger partial charge in [-0.2, -0.15) is 0 Å². The van der Waals surface area contributed by atoms with E-state index >= 15 is 0 Å². The lowest BCUT2D eigenvalue weighted by molar-refractivity contribution is 0.0406. The summed E-state index contributed by atoms with van der Waals surface area (Å²) in [6.07, 6.45) is -0.498. The van der Waals surface area contributed by atoms with E-state index in [-0.39, 0.29) is 6.04 Å². The highest BCUT2D eigenvalue weighted by Gasteiger charge is 2.26. The van der Waals surface area contributed by atoms with Gasteiger partial charge in [-0.3, -0.25) is 0 Å². The van der Waals surface area contributed by atoms with Crippen LogP contribution in [-0.4, -0.2) is 22.8 Å². The van der Waals surface area contributed by atoms with Gasteiger partial charge in [0.1, 0.15) is 11.7 Å². The van der Waals surface area contributed by atoms with Gasteiger partial charge in [-0.25, -0.2) is 4.79 Å². The highest BCUT2D eigenvalue weighted by atomic mass is 32.1. The third-order valence-electron chi connectivity index (χ3n) is 2.64. The molecular weight excluding hydrogens is 274 g/mol. The molecule has 0 saturated heterocycles. The molecule has 1 unspecified atom stereocenters. The summed E-state index contributed by atoms with van der Waals surface area (Å²) >= 11 is 1.48. The molecule has 2 N–H and O–H groups in total. The molecule has 4 nitrogen and oxygen atoms in total. The zero-order valence-electron chi connectivity index (χ0n) is 12.8. The average Bonchev–Trinajstić information content (AvgIpc) is 2.76. The van der Waals surface area contributed by atoms with Crippen LogP contribution < -0.4 is 5.32 Å². The van der Waals surface area contributed by atoms with Gasteiger partial charge in [0.05, 0.1) is 6.04 Å². The number of carbonyl (C=O) groups is 1. The molecule has 1 rings (SSSR count). The van der Waals surface area contributed by atoms with Crippen LogP contribution >= 0.6 is 11.3 Å². The van der Waals surface area contributed by atoms with Crippen molar-refractivity contribution in [2.75, 3.05) is 0 Å². The monoisotopic (exact) mass is 299 g/mol. The Bertz CT molecular complexity index is 409. The summed E-state index contributed by atoms with van der Waals surface area (Å²) in [5.74, 6) is 0.365. The fraction of sp³-hybridized carbons (Fsp3) is 0.667. The van der Waals surface area contributed by atoms with Crippen molar-refractivity contribution >= 4 is 17.4 Å². The number of alkyl carbamates (subject to hydrolysis) is 1. The average molecular weight is 299 g/mol. The Morgan fingerprint density at radius 2 is 2.10 bits per heavy atom. The predicted molar refractivity (Wildman–Crippen MR) is 81.9 cm³/mol. The molecule has 0 spiro atoms. The van der Waals surface area contributed by atoms with E-state index in [2.05, 4.69) is 19.2 Å². The minimum absolute atomic E-state index is 0.344. The summed E-state index contributed by atoms with van der Waals surface area (Å²) < 4.78 is 5.26. The van der Waals surface area contributed by atoms with Crippen LogP contribution in [0.15, 0.2) is 17.5 Å². The molecule has 2 atom stereocenters. The van der Waals surface area contributed by atoms with Crippen LogP contribution in [0, 0.1) is 5.92 Å². The third kappa shape index (κ3) is 5.92. The number of amides is 1. The Morgan fingerprint density at radius 3 is 2.55 bits per heavy atom. The molecule has 1 amide bonds. The van der Waals surface area contributed by atoms with E-state index in [0.29, 0.717) is 12.3 Å². The van der Waals surface area contributed by atoms with E-state index in [1.54, 1.807) is 0 Å². The molecule has 0 aliphatic rings. The maximum atomic E-state index is 11.9. The number of ether oxygens (including phenoxy) is 1. The second-order valence-corrected chi connectivity index (χ2v) is 7.32. The topological polar surface area (TPSA) is 58.6 Å². The van der Waals surface area contributed by atoms with E-state index in [1.807, 2.05) is 38.3 Å². The molecule has 0 fully saturated rings. The number of carbonyl (C=O) groups excluding carboxylic acids is 1. The molecule has 1 aromatic rings. The van der Waals surface area contributed by atoms with Gasteiger partial charge in [0, 0.05) is 4.88 Å². The second kappa shape index (κ2) is 7.09. The normalized spacial score (nSPS) is 14.9. The van der Waals surface area contributed by atoms with Crippen molar-refractivity contribution in [3.63, 3.8) is 0 Å². The van der Waals surface area contributed by atoms with Crippen molar-refractivity contribution in [2.45, 2.75) is 58.8 Å². The fourth-order valence-electron chi connectivity index (χ4n) is 1.89. The first-order valence-electron chi connectivity index (χ1n) is 6.90. The first-order valence-corrected chi connectivity index (χ1v) is 7.78. The minimum atomic E-state index is -0.704. The minimum Gasteiger partial charge on any atom is -0.444 e. The van der Waals surface area contributed by atoms with E-state index in [0.717, 1.165) is 4.88 Å². The van der Waals surface area contributed by atoms with Crippen molar-refractivity contribution in [2.24, 2.45) is 5.92 Å². The van der Waals surface area contributed by atoms with Crippen LogP contribution in [0.1, 0.15) is 52.0 Å². The van der Waals surface area contributed by atoms with Gasteiger partial charge in [-0.15, -0.1) is 11.3 Å². The van der Waals surface area contributed by atoms with Gasteiger partial charge in [0.25, 0.3) is 0 Å². The first kappa shape index (κ1) is 17.0. The molecule has 0 bridgehead atoms. The van der Waals surface area contributed by atoms with Crippen LogP contribution in [0.5, 0.6) is 0 Å². The summed E-state index contributed by atoms with van der Waals surface area (Å²) in [5, 5.41) is 15.1. The summed E-state index contributed by atoms with van der Waals surface area (Å²) in [6, 6.07) is 3.42.